The summed E-state index contributed by atoms with van der Waals surface area (Å²) in [4.78, 5) is 17.2. The quantitative estimate of drug-likeness (QED) is 0.932. The van der Waals surface area contributed by atoms with E-state index in [9.17, 15) is 4.79 Å². The Morgan fingerprint density at radius 1 is 1.41 bits per heavy atom. The van der Waals surface area contributed by atoms with Gasteiger partial charge in [0.1, 0.15) is 0 Å². The van der Waals surface area contributed by atoms with Crippen molar-refractivity contribution in [3.63, 3.8) is 0 Å². The van der Waals surface area contributed by atoms with Crippen LogP contribution in [0.5, 0.6) is 0 Å². The molecule has 1 aromatic carbocycles. The van der Waals surface area contributed by atoms with E-state index in [1.54, 1.807) is 12.1 Å². The van der Waals surface area contributed by atoms with Crippen LogP contribution in [-0.2, 0) is 4.79 Å². The van der Waals surface area contributed by atoms with Gasteiger partial charge in [-0.3, -0.25) is 9.69 Å². The first-order valence-electron chi connectivity index (χ1n) is 7.15. The molecule has 6 nitrogen and oxygen atoms in total. The van der Waals surface area contributed by atoms with Crippen LogP contribution in [0.2, 0.25) is 5.02 Å². The maximum Gasteiger partial charge on any atom is 0.317 e. The van der Waals surface area contributed by atoms with E-state index >= 15 is 0 Å². The Kier molecular flexibility index (Phi) is 4.40. The number of hydrogen-bond acceptors (Lipinski definition) is 5. The van der Waals surface area contributed by atoms with Crippen LogP contribution < -0.4 is 0 Å². The molecule has 2 heterocycles. The fourth-order valence-corrected chi connectivity index (χ4v) is 2.84. The van der Waals surface area contributed by atoms with E-state index < -0.39 is 5.97 Å². The number of carbonyl (C=O) groups is 1. The standard InChI is InChI=1S/C15H16ClN3O3/c16-12-5-3-10(4-6-12)14-17-15(22-18-14)11-2-1-7-19(8-11)9-13(20)21/h3-6,11H,1-2,7-9H2,(H,20,21)/t11-/m1/s1. The maximum absolute atomic E-state index is 10.8. The van der Waals surface area contributed by atoms with Crippen LogP contribution in [0.1, 0.15) is 24.7 Å². The molecule has 1 saturated heterocycles. The summed E-state index contributed by atoms with van der Waals surface area (Å²) in [6.07, 6.45) is 1.86. The highest BCUT2D eigenvalue weighted by Gasteiger charge is 2.27. The van der Waals surface area contributed by atoms with E-state index in [1.165, 1.54) is 0 Å². The van der Waals surface area contributed by atoms with Crippen molar-refractivity contribution in [3.05, 3.63) is 35.2 Å². The molecule has 3 rings (SSSR count). The summed E-state index contributed by atoms with van der Waals surface area (Å²) in [6.45, 7) is 1.48. The van der Waals surface area contributed by atoms with E-state index in [2.05, 4.69) is 10.1 Å². The number of piperidine rings is 1. The van der Waals surface area contributed by atoms with Gasteiger partial charge in [-0.25, -0.2) is 0 Å². The third-order valence-corrected chi connectivity index (χ3v) is 4.01. The summed E-state index contributed by atoms with van der Waals surface area (Å²) in [5.41, 5.74) is 0.845. The number of hydrogen-bond donors (Lipinski definition) is 1. The summed E-state index contributed by atoms with van der Waals surface area (Å²) in [5, 5.41) is 13.6. The predicted molar refractivity (Wildman–Crippen MR) is 80.8 cm³/mol. The zero-order chi connectivity index (χ0) is 15.5. The second-order valence-electron chi connectivity index (χ2n) is 5.43. The van der Waals surface area contributed by atoms with Crippen molar-refractivity contribution in [2.75, 3.05) is 19.6 Å². The number of carboxylic acid groups (broad SMARTS) is 1. The molecule has 1 aromatic heterocycles. The Bertz CT molecular complexity index is 656. The maximum atomic E-state index is 10.8. The molecular weight excluding hydrogens is 306 g/mol. The molecule has 0 unspecified atom stereocenters. The third-order valence-electron chi connectivity index (χ3n) is 3.76. The second-order valence-corrected chi connectivity index (χ2v) is 5.87. The van der Waals surface area contributed by atoms with Gasteiger partial charge in [-0.1, -0.05) is 16.8 Å². The van der Waals surface area contributed by atoms with Crippen molar-refractivity contribution >= 4 is 17.6 Å². The molecule has 1 fully saturated rings. The normalized spacial score (nSPS) is 19.2. The average Bonchev–Trinajstić information content (AvgIpc) is 2.97. The van der Waals surface area contributed by atoms with Gasteiger partial charge in [0.25, 0.3) is 0 Å². The van der Waals surface area contributed by atoms with Gasteiger partial charge in [-0.05, 0) is 43.7 Å². The molecule has 0 amide bonds. The highest BCUT2D eigenvalue weighted by atomic mass is 35.5. The van der Waals surface area contributed by atoms with E-state index in [-0.39, 0.29) is 12.5 Å². The second kappa shape index (κ2) is 6.46. The third kappa shape index (κ3) is 3.45. The topological polar surface area (TPSA) is 79.5 Å². The number of nitrogens with zero attached hydrogens (tertiary/aromatic N) is 3. The zero-order valence-electron chi connectivity index (χ0n) is 11.9. The first-order chi connectivity index (χ1) is 10.6. The van der Waals surface area contributed by atoms with E-state index in [1.807, 2.05) is 17.0 Å². The Morgan fingerprint density at radius 3 is 2.91 bits per heavy atom. The molecule has 0 saturated carbocycles. The van der Waals surface area contributed by atoms with Gasteiger partial charge < -0.3 is 9.63 Å². The minimum absolute atomic E-state index is 0.0503. The number of carboxylic acids is 1. The van der Waals surface area contributed by atoms with Crippen LogP contribution in [0.4, 0.5) is 0 Å². The van der Waals surface area contributed by atoms with E-state index in [0.717, 1.165) is 24.9 Å². The number of halogens is 1. The largest absolute Gasteiger partial charge is 0.480 e. The number of rotatable bonds is 4. The molecule has 0 aliphatic carbocycles. The molecule has 1 aliphatic rings. The van der Waals surface area contributed by atoms with E-state index in [0.29, 0.717) is 23.3 Å². The lowest BCUT2D eigenvalue weighted by molar-refractivity contribution is -0.138. The molecule has 1 N–H and O–H groups in total. The van der Waals surface area contributed by atoms with E-state index in [4.69, 9.17) is 21.2 Å². The van der Waals surface area contributed by atoms with Crippen LogP contribution >= 0.6 is 11.6 Å². The van der Waals surface area contributed by atoms with Gasteiger partial charge in [0.15, 0.2) is 0 Å². The fraction of sp³-hybridized carbons (Fsp3) is 0.400. The summed E-state index contributed by atoms with van der Waals surface area (Å²) in [7, 11) is 0. The average molecular weight is 322 g/mol. The highest BCUT2D eigenvalue weighted by molar-refractivity contribution is 6.30. The van der Waals surface area contributed by atoms with Crippen molar-refractivity contribution in [1.82, 2.24) is 15.0 Å². The van der Waals surface area contributed by atoms with Crippen LogP contribution in [0.3, 0.4) is 0 Å². The summed E-state index contributed by atoms with van der Waals surface area (Å²) in [5.74, 6) is 0.372. The van der Waals surface area contributed by atoms with Gasteiger partial charge in [-0.15, -0.1) is 0 Å². The fourth-order valence-electron chi connectivity index (χ4n) is 2.71. The van der Waals surface area contributed by atoms with Crippen molar-refractivity contribution in [2.45, 2.75) is 18.8 Å². The van der Waals surface area contributed by atoms with Gasteiger partial charge in [0.05, 0.1) is 12.5 Å². The first kappa shape index (κ1) is 15.0. The van der Waals surface area contributed by atoms with Crippen molar-refractivity contribution in [1.29, 1.82) is 0 Å². The monoisotopic (exact) mass is 321 g/mol. The molecule has 1 atom stereocenters. The van der Waals surface area contributed by atoms with Gasteiger partial charge in [0, 0.05) is 17.1 Å². The lowest BCUT2D eigenvalue weighted by Crippen LogP contribution is -2.38. The highest BCUT2D eigenvalue weighted by Crippen LogP contribution is 2.27. The van der Waals surface area contributed by atoms with Crippen LogP contribution in [0.25, 0.3) is 11.4 Å². The molecule has 1 aliphatic heterocycles. The lowest BCUT2D eigenvalue weighted by Gasteiger charge is -2.29. The van der Waals surface area contributed by atoms with Gasteiger partial charge in [0.2, 0.25) is 11.7 Å². The molecule has 7 heteroatoms. The molecule has 0 spiro atoms. The molecule has 0 radical (unpaired) electrons. The number of likely N-dealkylation sites (tertiary alicyclic amines) is 1. The minimum atomic E-state index is -0.812. The molecular formula is C15H16ClN3O3. The SMILES string of the molecule is O=C(O)CN1CCC[C@@H](c2nc(-c3ccc(Cl)cc3)no2)C1. The van der Waals surface area contributed by atoms with Crippen molar-refractivity contribution in [2.24, 2.45) is 0 Å². The smallest absolute Gasteiger partial charge is 0.317 e. The Labute approximate surface area is 132 Å². The molecule has 0 bridgehead atoms. The van der Waals surface area contributed by atoms with Crippen LogP contribution in [-0.4, -0.2) is 45.8 Å². The Hall–Kier alpha value is -1.92. The van der Waals surface area contributed by atoms with Crippen LogP contribution in [0.15, 0.2) is 28.8 Å². The van der Waals surface area contributed by atoms with Crippen LogP contribution in [0, 0.1) is 0 Å². The van der Waals surface area contributed by atoms with Crippen molar-refractivity contribution < 1.29 is 14.4 Å². The molecule has 22 heavy (non-hydrogen) atoms. The number of benzene rings is 1. The minimum Gasteiger partial charge on any atom is -0.480 e. The summed E-state index contributed by atoms with van der Waals surface area (Å²) < 4.78 is 5.37. The number of aliphatic carboxylic acids is 1. The predicted octanol–water partition coefficient (Wildman–Crippen LogP) is 2.65. The van der Waals surface area contributed by atoms with Crippen molar-refractivity contribution in [3.8, 4) is 11.4 Å². The Balaban J connectivity index is 1.73. The lowest BCUT2D eigenvalue weighted by atomic mass is 9.98. The number of aromatic nitrogens is 2. The molecule has 2 aromatic rings. The summed E-state index contributed by atoms with van der Waals surface area (Å²) in [6, 6.07) is 7.24. The van der Waals surface area contributed by atoms with Gasteiger partial charge >= 0.3 is 5.97 Å². The zero-order valence-corrected chi connectivity index (χ0v) is 12.7. The van der Waals surface area contributed by atoms with Gasteiger partial charge in [-0.2, -0.15) is 4.98 Å². The summed E-state index contributed by atoms with van der Waals surface area (Å²) >= 11 is 5.87. The first-order valence-corrected chi connectivity index (χ1v) is 7.53. The Morgan fingerprint density at radius 2 is 2.18 bits per heavy atom. The molecule has 116 valence electrons.